The summed E-state index contributed by atoms with van der Waals surface area (Å²) in [6.45, 7) is 3.08. The first-order valence-electron chi connectivity index (χ1n) is 7.19. The van der Waals surface area contributed by atoms with Gasteiger partial charge in [-0.3, -0.25) is 0 Å². The van der Waals surface area contributed by atoms with E-state index in [-0.39, 0.29) is 0 Å². The lowest BCUT2D eigenvalue weighted by molar-refractivity contribution is 0.0219. The van der Waals surface area contributed by atoms with Gasteiger partial charge in [0, 0.05) is 12.6 Å². The molecule has 2 nitrogen and oxygen atoms in total. The van der Waals surface area contributed by atoms with E-state index in [4.69, 9.17) is 0 Å². The Kier molecular flexibility index (Phi) is 4.26. The van der Waals surface area contributed by atoms with Crippen LogP contribution in [0, 0.1) is 5.92 Å². The molecule has 0 aliphatic heterocycles. The molecule has 0 heterocycles. The van der Waals surface area contributed by atoms with E-state index < -0.39 is 5.60 Å². The largest absolute Gasteiger partial charge is 0.389 e. The molecule has 1 atom stereocenters. The van der Waals surface area contributed by atoms with E-state index >= 15 is 0 Å². The van der Waals surface area contributed by atoms with Gasteiger partial charge < -0.3 is 10.4 Å². The third kappa shape index (κ3) is 3.46. The Morgan fingerprint density at radius 1 is 1.19 bits per heavy atom. The van der Waals surface area contributed by atoms with Crippen molar-refractivity contribution in [3.05, 3.63) is 0 Å². The number of rotatable bonds is 5. The fourth-order valence-corrected chi connectivity index (χ4v) is 3.03. The minimum atomic E-state index is -0.404. The molecular weight excluding hydrogens is 198 g/mol. The maximum atomic E-state index is 10.5. The second-order valence-corrected chi connectivity index (χ2v) is 5.87. The Morgan fingerprint density at radius 2 is 1.81 bits per heavy atom. The quantitative estimate of drug-likeness (QED) is 0.705. The van der Waals surface area contributed by atoms with Crippen molar-refractivity contribution >= 4 is 0 Å². The Morgan fingerprint density at radius 3 is 2.31 bits per heavy atom. The summed E-state index contributed by atoms with van der Waals surface area (Å²) >= 11 is 0. The SMILES string of the molecule is CCC(NCC1(O)CCCCCC1)C1CC1. The maximum Gasteiger partial charge on any atom is 0.0771 e. The molecule has 2 rings (SSSR count). The maximum absolute atomic E-state index is 10.5. The van der Waals surface area contributed by atoms with Gasteiger partial charge in [0.1, 0.15) is 0 Å². The molecule has 94 valence electrons. The summed E-state index contributed by atoms with van der Waals surface area (Å²) in [6.07, 6.45) is 11.0. The molecule has 0 amide bonds. The molecule has 0 saturated heterocycles. The third-order valence-corrected chi connectivity index (χ3v) is 4.36. The van der Waals surface area contributed by atoms with E-state index in [1.54, 1.807) is 0 Å². The van der Waals surface area contributed by atoms with Crippen LogP contribution in [0.1, 0.15) is 64.7 Å². The zero-order valence-electron chi connectivity index (χ0n) is 10.7. The topological polar surface area (TPSA) is 32.3 Å². The van der Waals surface area contributed by atoms with Crippen molar-refractivity contribution in [2.45, 2.75) is 76.4 Å². The zero-order valence-corrected chi connectivity index (χ0v) is 10.7. The predicted octanol–water partition coefficient (Wildman–Crippen LogP) is 2.85. The summed E-state index contributed by atoms with van der Waals surface area (Å²) in [4.78, 5) is 0. The molecule has 0 spiro atoms. The van der Waals surface area contributed by atoms with Crippen LogP contribution in [0.2, 0.25) is 0 Å². The second-order valence-electron chi connectivity index (χ2n) is 5.87. The van der Waals surface area contributed by atoms with Crippen molar-refractivity contribution in [2.75, 3.05) is 6.54 Å². The molecule has 0 bridgehead atoms. The predicted molar refractivity (Wildman–Crippen MR) is 67.5 cm³/mol. The van der Waals surface area contributed by atoms with Gasteiger partial charge in [-0.2, -0.15) is 0 Å². The fourth-order valence-electron chi connectivity index (χ4n) is 3.03. The van der Waals surface area contributed by atoms with Crippen LogP contribution in [0.3, 0.4) is 0 Å². The van der Waals surface area contributed by atoms with E-state index in [2.05, 4.69) is 12.2 Å². The fraction of sp³-hybridized carbons (Fsp3) is 1.00. The molecule has 2 saturated carbocycles. The summed E-state index contributed by atoms with van der Waals surface area (Å²) in [5.41, 5.74) is -0.404. The zero-order chi connectivity index (χ0) is 11.4. The van der Waals surface area contributed by atoms with Gasteiger partial charge >= 0.3 is 0 Å². The molecule has 0 aromatic rings. The van der Waals surface area contributed by atoms with Crippen LogP contribution in [0.5, 0.6) is 0 Å². The van der Waals surface area contributed by atoms with Gasteiger partial charge in [0.2, 0.25) is 0 Å². The minimum Gasteiger partial charge on any atom is -0.389 e. The smallest absolute Gasteiger partial charge is 0.0771 e. The Balaban J connectivity index is 1.77. The van der Waals surface area contributed by atoms with Crippen LogP contribution < -0.4 is 5.32 Å². The standard InChI is InChI=1S/C14H27NO/c1-2-13(12-7-8-12)15-11-14(16)9-5-3-4-6-10-14/h12-13,15-16H,2-11H2,1H3. The number of hydrogen-bond donors (Lipinski definition) is 2. The van der Waals surface area contributed by atoms with Gasteiger partial charge in [-0.25, -0.2) is 0 Å². The highest BCUT2D eigenvalue weighted by molar-refractivity contribution is 4.89. The number of hydrogen-bond acceptors (Lipinski definition) is 2. The highest BCUT2D eigenvalue weighted by atomic mass is 16.3. The lowest BCUT2D eigenvalue weighted by Gasteiger charge is -2.29. The number of aliphatic hydroxyl groups is 1. The third-order valence-electron chi connectivity index (χ3n) is 4.36. The lowest BCUT2D eigenvalue weighted by atomic mass is 9.94. The van der Waals surface area contributed by atoms with E-state index in [1.165, 1.54) is 44.9 Å². The van der Waals surface area contributed by atoms with E-state index in [9.17, 15) is 5.11 Å². The normalized spacial score (nSPS) is 27.4. The van der Waals surface area contributed by atoms with Crippen LogP contribution in [-0.2, 0) is 0 Å². The highest BCUT2D eigenvalue weighted by Gasteiger charge is 2.33. The van der Waals surface area contributed by atoms with Crippen molar-refractivity contribution in [3.8, 4) is 0 Å². The molecular formula is C14H27NO. The van der Waals surface area contributed by atoms with Gasteiger partial charge in [-0.05, 0) is 38.0 Å². The summed E-state index contributed by atoms with van der Waals surface area (Å²) in [7, 11) is 0. The van der Waals surface area contributed by atoms with Crippen molar-refractivity contribution in [3.63, 3.8) is 0 Å². The first-order valence-corrected chi connectivity index (χ1v) is 7.19. The Labute approximate surface area is 99.8 Å². The molecule has 0 aromatic carbocycles. The van der Waals surface area contributed by atoms with Gasteiger partial charge in [0.15, 0.2) is 0 Å². The monoisotopic (exact) mass is 225 g/mol. The molecule has 0 aromatic heterocycles. The Hall–Kier alpha value is -0.0800. The first kappa shape index (κ1) is 12.4. The molecule has 2 aliphatic rings. The van der Waals surface area contributed by atoms with E-state index in [0.29, 0.717) is 6.04 Å². The van der Waals surface area contributed by atoms with Gasteiger partial charge in [0.25, 0.3) is 0 Å². The highest BCUT2D eigenvalue weighted by Crippen LogP contribution is 2.34. The molecule has 1 unspecified atom stereocenters. The Bertz CT molecular complexity index is 205. The van der Waals surface area contributed by atoms with Crippen LogP contribution in [0.15, 0.2) is 0 Å². The second kappa shape index (κ2) is 5.50. The van der Waals surface area contributed by atoms with Crippen LogP contribution in [-0.4, -0.2) is 23.3 Å². The van der Waals surface area contributed by atoms with Crippen LogP contribution in [0.4, 0.5) is 0 Å². The van der Waals surface area contributed by atoms with Crippen molar-refractivity contribution in [2.24, 2.45) is 5.92 Å². The van der Waals surface area contributed by atoms with Crippen molar-refractivity contribution in [1.29, 1.82) is 0 Å². The first-order chi connectivity index (χ1) is 7.73. The van der Waals surface area contributed by atoms with Crippen LogP contribution >= 0.6 is 0 Å². The van der Waals surface area contributed by atoms with Gasteiger partial charge in [0.05, 0.1) is 5.60 Å². The average molecular weight is 225 g/mol. The summed E-state index contributed by atoms with van der Waals surface area (Å²) in [5, 5.41) is 14.2. The van der Waals surface area contributed by atoms with E-state index in [0.717, 1.165) is 25.3 Å². The summed E-state index contributed by atoms with van der Waals surface area (Å²) < 4.78 is 0. The summed E-state index contributed by atoms with van der Waals surface area (Å²) in [6, 6.07) is 0.660. The molecule has 2 N–H and O–H groups in total. The molecule has 2 heteroatoms. The molecule has 0 radical (unpaired) electrons. The minimum absolute atomic E-state index is 0.404. The average Bonchev–Trinajstić information content (AvgIpc) is 3.08. The van der Waals surface area contributed by atoms with Gasteiger partial charge in [-0.1, -0.05) is 32.6 Å². The lowest BCUT2D eigenvalue weighted by Crippen LogP contribution is -2.44. The van der Waals surface area contributed by atoms with Crippen molar-refractivity contribution in [1.82, 2.24) is 5.32 Å². The molecule has 16 heavy (non-hydrogen) atoms. The molecule has 2 aliphatic carbocycles. The van der Waals surface area contributed by atoms with Crippen LogP contribution in [0.25, 0.3) is 0 Å². The molecule has 2 fully saturated rings. The van der Waals surface area contributed by atoms with Crippen molar-refractivity contribution < 1.29 is 5.11 Å². The number of nitrogens with one attached hydrogen (secondary N) is 1. The van der Waals surface area contributed by atoms with Gasteiger partial charge in [-0.15, -0.1) is 0 Å². The summed E-state index contributed by atoms with van der Waals surface area (Å²) in [5.74, 6) is 0.902. The van der Waals surface area contributed by atoms with E-state index in [1.807, 2.05) is 0 Å².